The summed E-state index contributed by atoms with van der Waals surface area (Å²) in [6.07, 6.45) is 7.95. The average Bonchev–Trinajstić information content (AvgIpc) is 3.89. The van der Waals surface area contributed by atoms with Gasteiger partial charge < -0.3 is 29.7 Å². The van der Waals surface area contributed by atoms with Gasteiger partial charge in [-0.1, -0.05) is 47.5 Å². The lowest BCUT2D eigenvalue weighted by Gasteiger charge is -2.35. The Balaban J connectivity index is 0.967. The normalized spacial score (nSPS) is 22.4. The maximum absolute atomic E-state index is 13.7. The van der Waals surface area contributed by atoms with Crippen molar-refractivity contribution in [2.24, 2.45) is 24.9 Å². The van der Waals surface area contributed by atoms with E-state index >= 15 is 0 Å². The number of β-amino-alcohol motifs (C(OH)–C–C–N with tert-alkyl or cyclic N) is 1. The Bertz CT molecular complexity index is 2120. The third-order valence-corrected chi connectivity index (χ3v) is 12.9. The minimum absolute atomic E-state index is 0.0709. The molecule has 4 heterocycles. The molecule has 278 valence electrons. The molecule has 0 spiro atoms. The first-order valence-electron chi connectivity index (χ1n) is 18.3. The molecular formula is C39H44Cl2N8O4. The monoisotopic (exact) mass is 758 g/mol. The van der Waals surface area contributed by atoms with Crippen molar-refractivity contribution in [3.63, 3.8) is 0 Å². The van der Waals surface area contributed by atoms with Crippen molar-refractivity contribution in [2.75, 3.05) is 43.4 Å². The van der Waals surface area contributed by atoms with E-state index in [1.165, 1.54) is 6.29 Å². The van der Waals surface area contributed by atoms with Gasteiger partial charge in [0, 0.05) is 94.1 Å². The van der Waals surface area contributed by atoms with E-state index in [0.29, 0.717) is 58.0 Å². The van der Waals surface area contributed by atoms with Crippen LogP contribution in [0.3, 0.4) is 0 Å². The number of hydrogen-bond acceptors (Lipinski definition) is 8. The number of aromatic nitrogens is 4. The Kier molecular flexibility index (Phi) is 9.47. The van der Waals surface area contributed by atoms with Crippen LogP contribution >= 0.6 is 23.2 Å². The Hall–Kier alpha value is -4.07. The van der Waals surface area contributed by atoms with E-state index in [-0.39, 0.29) is 35.1 Å². The maximum Gasteiger partial charge on any atom is 0.291 e. The molecule has 0 saturated heterocycles. The van der Waals surface area contributed by atoms with E-state index in [1.54, 1.807) is 24.3 Å². The van der Waals surface area contributed by atoms with Gasteiger partial charge in [0.25, 0.3) is 11.8 Å². The van der Waals surface area contributed by atoms with E-state index in [1.807, 2.05) is 35.4 Å². The van der Waals surface area contributed by atoms with Crippen molar-refractivity contribution in [3.05, 3.63) is 80.9 Å². The first-order chi connectivity index (χ1) is 25.5. The van der Waals surface area contributed by atoms with E-state index < -0.39 is 0 Å². The topological polar surface area (TPSA) is 138 Å². The molecule has 4 aliphatic rings. The average molecular weight is 760 g/mol. The third-order valence-electron chi connectivity index (χ3n) is 12.1. The van der Waals surface area contributed by atoms with Gasteiger partial charge in [0.15, 0.2) is 11.6 Å². The summed E-state index contributed by atoms with van der Waals surface area (Å²) in [7, 11) is 3.71. The van der Waals surface area contributed by atoms with Crippen molar-refractivity contribution >= 4 is 52.7 Å². The van der Waals surface area contributed by atoms with Crippen LogP contribution in [0.5, 0.6) is 0 Å². The number of aliphatic hydroxyl groups excluding tert-OH is 1. The van der Waals surface area contributed by atoms with Gasteiger partial charge in [-0.15, -0.1) is 0 Å². The van der Waals surface area contributed by atoms with E-state index in [4.69, 9.17) is 28.2 Å². The van der Waals surface area contributed by atoms with Crippen molar-refractivity contribution in [1.29, 1.82) is 0 Å². The number of aliphatic hydroxyl groups is 1. The summed E-state index contributed by atoms with van der Waals surface area (Å²) in [6, 6.07) is 10.7. The second-order valence-corrected chi connectivity index (χ2v) is 16.1. The maximum atomic E-state index is 13.7. The highest BCUT2D eigenvalue weighted by Gasteiger charge is 2.54. The Labute approximate surface area is 318 Å². The molecule has 8 rings (SSSR count). The minimum atomic E-state index is -0.389. The van der Waals surface area contributed by atoms with Crippen molar-refractivity contribution in [2.45, 2.75) is 58.0 Å². The minimum Gasteiger partial charge on any atom is -0.395 e. The van der Waals surface area contributed by atoms with Gasteiger partial charge >= 0.3 is 0 Å². The van der Waals surface area contributed by atoms with Crippen molar-refractivity contribution < 1.29 is 19.5 Å². The number of nitrogens with zero attached hydrogens (tertiary/aromatic N) is 6. The van der Waals surface area contributed by atoms with E-state index in [0.717, 1.165) is 87.4 Å². The lowest BCUT2D eigenvalue weighted by Crippen LogP contribution is -2.39. The molecule has 2 saturated carbocycles. The molecule has 53 heavy (non-hydrogen) atoms. The Morgan fingerprint density at radius 1 is 0.811 bits per heavy atom. The molecule has 2 aliphatic carbocycles. The highest BCUT2D eigenvalue weighted by Crippen LogP contribution is 2.61. The van der Waals surface area contributed by atoms with Crippen LogP contribution in [0.15, 0.2) is 36.4 Å². The highest BCUT2D eigenvalue weighted by atomic mass is 35.5. The van der Waals surface area contributed by atoms with Crippen molar-refractivity contribution in [3.8, 4) is 11.1 Å². The third kappa shape index (κ3) is 6.48. The zero-order chi connectivity index (χ0) is 37.1. The van der Waals surface area contributed by atoms with Crippen LogP contribution in [0.2, 0.25) is 10.0 Å². The molecule has 0 unspecified atom stereocenters. The lowest BCUT2D eigenvalue weighted by molar-refractivity contribution is -0.115. The van der Waals surface area contributed by atoms with Gasteiger partial charge in [0.1, 0.15) is 6.29 Å². The molecular weight excluding hydrogens is 715 g/mol. The number of amides is 2. The zero-order valence-corrected chi connectivity index (χ0v) is 31.6. The quantitative estimate of drug-likeness (QED) is 0.181. The number of anilines is 2. The number of nitrogens with one attached hydrogen (secondary N) is 2. The second kappa shape index (κ2) is 14.0. The van der Waals surface area contributed by atoms with Crippen LogP contribution in [0.25, 0.3) is 11.1 Å². The second-order valence-electron chi connectivity index (χ2n) is 15.4. The van der Waals surface area contributed by atoms with Crippen LogP contribution in [-0.2, 0) is 44.8 Å². The SMILES string of the molecule is Cn1c(C(=O)Nc2cccc(-c3cccc(NC(=O)c4nc5c(n4C)CCN(CC46CCC(C=O)(CC4)C6)C5)c3Cl)c2Cl)nc2c1CCN(CCO)C2. The highest BCUT2D eigenvalue weighted by molar-refractivity contribution is 6.40. The predicted octanol–water partition coefficient (Wildman–Crippen LogP) is 5.49. The van der Waals surface area contributed by atoms with Gasteiger partial charge in [-0.05, 0) is 49.7 Å². The molecule has 2 aromatic carbocycles. The van der Waals surface area contributed by atoms with Crippen LogP contribution in [-0.4, -0.2) is 84.9 Å². The van der Waals surface area contributed by atoms with Crippen LogP contribution in [0, 0.1) is 10.8 Å². The first kappa shape index (κ1) is 35.9. The number of imidazole rings is 2. The van der Waals surface area contributed by atoms with Gasteiger partial charge in [0.2, 0.25) is 0 Å². The Morgan fingerprint density at radius 2 is 1.32 bits per heavy atom. The van der Waals surface area contributed by atoms with E-state index in [2.05, 4.69) is 25.4 Å². The number of aldehydes is 1. The summed E-state index contributed by atoms with van der Waals surface area (Å²) < 4.78 is 3.70. The summed E-state index contributed by atoms with van der Waals surface area (Å²) in [6.45, 7) is 4.53. The summed E-state index contributed by atoms with van der Waals surface area (Å²) in [5.41, 5.74) is 5.91. The molecule has 0 radical (unpaired) electrons. The van der Waals surface area contributed by atoms with Gasteiger partial charge in [-0.25, -0.2) is 9.97 Å². The van der Waals surface area contributed by atoms with Crippen LogP contribution in [0.4, 0.5) is 11.4 Å². The molecule has 2 aliphatic heterocycles. The standard InChI is InChI=1S/C39H44Cl2N8O4/c1-46-30-9-15-48(17-18-50)19-28(30)42-34(46)36(52)44-26-7-3-5-24(32(26)40)25-6-4-8-27(33(25)41)45-37(53)35-43-29-20-49(16-10-31(29)47(35)2)22-38-11-13-39(21-38,23-51)14-12-38/h3-8,23,50H,9-22H2,1-2H3,(H,44,52)(H,45,53). The Morgan fingerprint density at radius 3 is 1.81 bits per heavy atom. The molecule has 0 atom stereocenters. The van der Waals surface area contributed by atoms with E-state index in [9.17, 15) is 19.5 Å². The largest absolute Gasteiger partial charge is 0.395 e. The van der Waals surface area contributed by atoms with Gasteiger partial charge in [0.05, 0.1) is 39.4 Å². The number of hydrogen-bond donors (Lipinski definition) is 3. The number of carbonyl (C=O) groups excluding carboxylic acids is 3. The van der Waals surface area contributed by atoms with Crippen LogP contribution in [0.1, 0.15) is 76.1 Å². The molecule has 12 nitrogen and oxygen atoms in total. The zero-order valence-electron chi connectivity index (χ0n) is 30.1. The molecule has 2 fully saturated rings. The fraction of sp³-hybridized carbons (Fsp3) is 0.462. The number of halogens is 2. The summed E-state index contributed by atoms with van der Waals surface area (Å²) in [5, 5.41) is 15.9. The first-order valence-corrected chi connectivity index (χ1v) is 19.1. The molecule has 3 N–H and O–H groups in total. The fourth-order valence-corrected chi connectivity index (χ4v) is 9.84. The van der Waals surface area contributed by atoms with Gasteiger partial charge in [-0.3, -0.25) is 19.4 Å². The number of fused-ring (bicyclic) bond motifs is 4. The molecule has 2 bridgehead atoms. The van der Waals surface area contributed by atoms with Crippen LogP contribution < -0.4 is 10.6 Å². The molecule has 2 amide bonds. The fourth-order valence-electron chi connectivity index (χ4n) is 9.29. The number of benzene rings is 2. The van der Waals surface area contributed by atoms with Crippen molar-refractivity contribution in [1.82, 2.24) is 28.9 Å². The molecule has 14 heteroatoms. The summed E-state index contributed by atoms with van der Waals surface area (Å²) in [5.74, 6) is -0.156. The predicted molar refractivity (Wildman–Crippen MR) is 203 cm³/mol. The summed E-state index contributed by atoms with van der Waals surface area (Å²) in [4.78, 5) is 53.0. The molecule has 2 aromatic heterocycles. The molecule has 4 aromatic rings. The lowest BCUT2D eigenvalue weighted by atomic mass is 9.82. The smallest absolute Gasteiger partial charge is 0.291 e. The number of carbonyl (C=O) groups is 3. The summed E-state index contributed by atoms with van der Waals surface area (Å²) >= 11 is 13.9. The van der Waals surface area contributed by atoms with Gasteiger partial charge in [-0.2, -0.15) is 0 Å². The number of rotatable bonds is 10.